The van der Waals surface area contributed by atoms with Crippen molar-refractivity contribution in [1.82, 2.24) is 15.5 Å². The van der Waals surface area contributed by atoms with Crippen LogP contribution in [0, 0.1) is 0 Å². The maximum absolute atomic E-state index is 12.6. The van der Waals surface area contributed by atoms with Gasteiger partial charge >= 0.3 is 0 Å². The van der Waals surface area contributed by atoms with Crippen molar-refractivity contribution in [2.75, 3.05) is 50.7 Å². The van der Waals surface area contributed by atoms with Crippen molar-refractivity contribution < 1.29 is 14.3 Å². The number of carbonyl (C=O) groups is 1. The minimum atomic E-state index is -1.19. The Hall–Kier alpha value is -1.98. The summed E-state index contributed by atoms with van der Waals surface area (Å²) in [5.41, 5.74) is -0.0847. The zero-order valence-corrected chi connectivity index (χ0v) is 21.5. The molecule has 1 aliphatic heterocycles. The van der Waals surface area contributed by atoms with Crippen LogP contribution in [-0.4, -0.2) is 67.7 Å². The first-order valence-electron chi connectivity index (χ1n) is 10.5. The third-order valence-electron chi connectivity index (χ3n) is 5.19. The van der Waals surface area contributed by atoms with Crippen LogP contribution in [0.2, 0.25) is 5.02 Å². The van der Waals surface area contributed by atoms with Gasteiger partial charge in [0.05, 0.1) is 12.8 Å². The van der Waals surface area contributed by atoms with Gasteiger partial charge in [-0.3, -0.25) is 4.79 Å². The van der Waals surface area contributed by atoms with E-state index in [0.29, 0.717) is 36.4 Å². The smallest absolute Gasteiger partial charge is 0.244 e. The van der Waals surface area contributed by atoms with Crippen LogP contribution in [-0.2, 0) is 10.4 Å². The van der Waals surface area contributed by atoms with Gasteiger partial charge in [0.25, 0.3) is 0 Å². The molecule has 32 heavy (non-hydrogen) atoms. The molecule has 3 rings (SSSR count). The first-order chi connectivity index (χ1) is 14.9. The van der Waals surface area contributed by atoms with Gasteiger partial charge in [-0.25, -0.2) is 4.99 Å². The molecule has 8 nitrogen and oxygen atoms in total. The molecule has 176 valence electrons. The summed E-state index contributed by atoms with van der Waals surface area (Å²) in [7, 11) is 0. The van der Waals surface area contributed by atoms with Crippen LogP contribution < -0.4 is 15.5 Å². The van der Waals surface area contributed by atoms with Crippen LogP contribution >= 0.6 is 35.6 Å². The fraction of sp³-hybridized carbons (Fsp3) is 0.455. The first kappa shape index (κ1) is 26.3. The lowest BCUT2D eigenvalue weighted by molar-refractivity contribution is -0.129. The van der Waals surface area contributed by atoms with Crippen molar-refractivity contribution in [3.8, 4) is 0 Å². The summed E-state index contributed by atoms with van der Waals surface area (Å²) in [5.74, 6) is 0.915. The predicted molar refractivity (Wildman–Crippen MR) is 138 cm³/mol. The van der Waals surface area contributed by atoms with Gasteiger partial charge < -0.3 is 30.0 Å². The minimum Gasteiger partial charge on any atom is -0.466 e. The zero-order chi connectivity index (χ0) is 22.3. The molecule has 1 aromatic heterocycles. The Kier molecular flexibility index (Phi) is 10.1. The number of aliphatic imine (C=N–C) groups is 1. The second-order valence-electron chi connectivity index (χ2n) is 7.64. The number of nitrogens with zero attached hydrogens (tertiary/aromatic N) is 3. The molecule has 1 fully saturated rings. The third-order valence-corrected chi connectivity index (χ3v) is 5.44. The van der Waals surface area contributed by atoms with Crippen molar-refractivity contribution in [3.63, 3.8) is 0 Å². The van der Waals surface area contributed by atoms with Crippen LogP contribution in [0.15, 0.2) is 52.1 Å². The number of benzene rings is 1. The van der Waals surface area contributed by atoms with Crippen molar-refractivity contribution in [2.24, 2.45) is 4.99 Å². The van der Waals surface area contributed by atoms with Gasteiger partial charge in [0.1, 0.15) is 17.9 Å². The van der Waals surface area contributed by atoms with Crippen molar-refractivity contribution in [3.05, 3.63) is 53.4 Å². The highest BCUT2D eigenvalue weighted by Crippen LogP contribution is 2.20. The third kappa shape index (κ3) is 7.28. The Morgan fingerprint density at radius 1 is 1.19 bits per heavy atom. The van der Waals surface area contributed by atoms with E-state index < -0.39 is 5.60 Å². The Bertz CT molecular complexity index is 866. The van der Waals surface area contributed by atoms with Crippen LogP contribution in [0.25, 0.3) is 0 Å². The quantitative estimate of drug-likeness (QED) is 0.267. The van der Waals surface area contributed by atoms with Crippen LogP contribution in [0.4, 0.5) is 5.69 Å². The van der Waals surface area contributed by atoms with Crippen LogP contribution in [0.3, 0.4) is 0 Å². The second-order valence-corrected chi connectivity index (χ2v) is 8.08. The number of hydrogen-bond donors (Lipinski definition) is 3. The summed E-state index contributed by atoms with van der Waals surface area (Å²) in [6.45, 7) is 7.31. The molecule has 1 aromatic carbocycles. The van der Waals surface area contributed by atoms with Gasteiger partial charge in [-0.15, -0.1) is 24.0 Å². The highest BCUT2D eigenvalue weighted by molar-refractivity contribution is 14.0. The molecule has 3 N–H and O–H groups in total. The maximum atomic E-state index is 12.6. The molecule has 1 amide bonds. The Balaban J connectivity index is 0.00000363. The molecular weight excluding hydrogens is 545 g/mol. The molecule has 0 radical (unpaired) electrons. The summed E-state index contributed by atoms with van der Waals surface area (Å²) >= 11 is 5.96. The van der Waals surface area contributed by atoms with E-state index in [-0.39, 0.29) is 43.0 Å². The Morgan fingerprint density at radius 2 is 1.88 bits per heavy atom. The number of piperazine rings is 1. The summed E-state index contributed by atoms with van der Waals surface area (Å²) in [4.78, 5) is 21.1. The van der Waals surface area contributed by atoms with Gasteiger partial charge in [-0.05, 0) is 50.2 Å². The highest BCUT2D eigenvalue weighted by Gasteiger charge is 2.26. The standard InChI is InChI=1S/C22H30ClN5O3.HI/c1-3-24-21(26-16-22(2,30)19-5-4-14-31-19)25-15-20(29)28-12-10-27(11-13-28)18-8-6-17(23)7-9-18;/h4-9,14,30H,3,10-13,15-16H2,1-2H3,(H2,24,25,26);1H. The van der Waals surface area contributed by atoms with Gasteiger partial charge in [-0.1, -0.05) is 11.6 Å². The predicted octanol–water partition coefficient (Wildman–Crippen LogP) is 2.66. The van der Waals surface area contributed by atoms with Crippen molar-refractivity contribution in [2.45, 2.75) is 19.4 Å². The summed E-state index contributed by atoms with van der Waals surface area (Å²) < 4.78 is 5.29. The molecule has 1 atom stereocenters. The zero-order valence-electron chi connectivity index (χ0n) is 18.4. The number of amides is 1. The summed E-state index contributed by atoms with van der Waals surface area (Å²) in [5, 5.41) is 17.5. The van der Waals surface area contributed by atoms with E-state index in [1.807, 2.05) is 36.1 Å². The SMILES string of the molecule is CCNC(=NCC(=O)N1CCN(c2ccc(Cl)cc2)CC1)NCC(C)(O)c1ccco1.I. The number of furan rings is 1. The lowest BCUT2D eigenvalue weighted by Crippen LogP contribution is -2.50. The molecule has 2 heterocycles. The van der Waals surface area contributed by atoms with E-state index in [4.69, 9.17) is 16.0 Å². The molecule has 10 heteroatoms. The maximum Gasteiger partial charge on any atom is 0.244 e. The number of hydrogen-bond acceptors (Lipinski definition) is 5. The Labute approximate surface area is 211 Å². The fourth-order valence-electron chi connectivity index (χ4n) is 3.38. The first-order valence-corrected chi connectivity index (χ1v) is 10.8. The largest absolute Gasteiger partial charge is 0.466 e. The highest BCUT2D eigenvalue weighted by atomic mass is 127. The van der Waals surface area contributed by atoms with E-state index in [0.717, 1.165) is 18.8 Å². The molecule has 1 saturated heterocycles. The normalized spacial score (nSPS) is 16.2. The summed E-state index contributed by atoms with van der Waals surface area (Å²) in [6, 6.07) is 11.2. The number of nitrogens with one attached hydrogen (secondary N) is 2. The fourth-order valence-corrected chi connectivity index (χ4v) is 3.51. The average molecular weight is 576 g/mol. The topological polar surface area (TPSA) is 93.3 Å². The number of guanidine groups is 1. The van der Waals surface area contributed by atoms with E-state index in [2.05, 4.69) is 20.5 Å². The Morgan fingerprint density at radius 3 is 2.47 bits per heavy atom. The number of carbonyl (C=O) groups excluding carboxylic acids is 1. The molecule has 0 spiro atoms. The molecule has 1 unspecified atom stereocenters. The van der Waals surface area contributed by atoms with Gasteiger partial charge in [-0.2, -0.15) is 0 Å². The van der Waals surface area contributed by atoms with Gasteiger partial charge in [0.2, 0.25) is 5.91 Å². The molecule has 2 aromatic rings. The van der Waals surface area contributed by atoms with E-state index in [1.165, 1.54) is 6.26 Å². The summed E-state index contributed by atoms with van der Waals surface area (Å²) in [6.07, 6.45) is 1.52. The lowest BCUT2D eigenvalue weighted by Gasteiger charge is -2.36. The molecule has 0 aliphatic carbocycles. The van der Waals surface area contributed by atoms with E-state index in [9.17, 15) is 9.90 Å². The van der Waals surface area contributed by atoms with Gasteiger partial charge in [0, 0.05) is 43.4 Å². The monoisotopic (exact) mass is 575 g/mol. The van der Waals surface area contributed by atoms with E-state index in [1.54, 1.807) is 19.1 Å². The number of aliphatic hydroxyl groups is 1. The molecule has 0 saturated carbocycles. The average Bonchev–Trinajstić information content (AvgIpc) is 3.32. The number of halogens is 2. The molecule has 1 aliphatic rings. The van der Waals surface area contributed by atoms with Gasteiger partial charge in [0.15, 0.2) is 5.96 Å². The lowest BCUT2D eigenvalue weighted by atomic mass is 10.0. The number of anilines is 1. The van der Waals surface area contributed by atoms with Crippen molar-refractivity contribution >= 4 is 53.1 Å². The van der Waals surface area contributed by atoms with E-state index >= 15 is 0 Å². The molecule has 0 bridgehead atoms. The van der Waals surface area contributed by atoms with Crippen molar-refractivity contribution in [1.29, 1.82) is 0 Å². The van der Waals surface area contributed by atoms with Crippen LogP contribution in [0.5, 0.6) is 0 Å². The number of rotatable bonds is 7. The minimum absolute atomic E-state index is 0. The molecular formula is C22H31ClIN5O3. The van der Waals surface area contributed by atoms with Crippen LogP contribution in [0.1, 0.15) is 19.6 Å². The second kappa shape index (κ2) is 12.3.